The van der Waals surface area contributed by atoms with Crippen molar-refractivity contribution < 1.29 is 4.74 Å². The molecule has 1 heterocycles. The van der Waals surface area contributed by atoms with Crippen LogP contribution in [0.15, 0.2) is 28.7 Å². The van der Waals surface area contributed by atoms with Crippen molar-refractivity contribution in [3.63, 3.8) is 0 Å². The zero-order valence-corrected chi connectivity index (χ0v) is 13.2. The summed E-state index contributed by atoms with van der Waals surface area (Å²) in [5.74, 6) is 0.734. The van der Waals surface area contributed by atoms with Crippen LogP contribution in [0.1, 0.15) is 21.4 Å². The summed E-state index contributed by atoms with van der Waals surface area (Å²) < 4.78 is 6.22. The molecule has 0 fully saturated rings. The molecular formula is C13H13BrClNOS. The lowest BCUT2D eigenvalue weighted by Crippen LogP contribution is -2.12. The average molecular weight is 347 g/mol. The van der Waals surface area contributed by atoms with E-state index in [4.69, 9.17) is 22.1 Å². The van der Waals surface area contributed by atoms with E-state index in [9.17, 15) is 0 Å². The first-order valence-corrected chi connectivity index (χ1v) is 7.36. The molecule has 1 aromatic carbocycles. The molecule has 0 radical (unpaired) electrons. The Morgan fingerprint density at radius 2 is 2.11 bits per heavy atom. The highest BCUT2D eigenvalue weighted by molar-refractivity contribution is 9.10. The first-order valence-electron chi connectivity index (χ1n) is 5.37. The Hall–Kier alpha value is -0.550. The van der Waals surface area contributed by atoms with Crippen molar-refractivity contribution in [2.24, 2.45) is 5.73 Å². The van der Waals surface area contributed by atoms with Crippen LogP contribution in [-0.2, 0) is 0 Å². The number of rotatable bonds is 3. The van der Waals surface area contributed by atoms with Crippen molar-refractivity contribution in [3.8, 4) is 5.75 Å². The van der Waals surface area contributed by atoms with E-state index in [1.54, 1.807) is 24.5 Å². The standard InChI is InChI=1S/C13H13BrClNOS/c1-7-3-4-11(18-7)12(16)9-5-8(15)6-10(14)13(9)17-2/h3-6,12H,16H2,1-2H3. The van der Waals surface area contributed by atoms with Gasteiger partial charge in [-0.2, -0.15) is 0 Å². The fourth-order valence-electron chi connectivity index (χ4n) is 1.80. The molecule has 2 N–H and O–H groups in total. The molecule has 0 amide bonds. The second-order valence-electron chi connectivity index (χ2n) is 3.94. The molecule has 2 nitrogen and oxygen atoms in total. The molecule has 0 saturated carbocycles. The number of hydrogen-bond acceptors (Lipinski definition) is 3. The Kier molecular flexibility index (Phi) is 4.33. The summed E-state index contributed by atoms with van der Waals surface area (Å²) in [5.41, 5.74) is 7.18. The van der Waals surface area contributed by atoms with Gasteiger partial charge in [-0.1, -0.05) is 11.6 Å². The van der Waals surface area contributed by atoms with Gasteiger partial charge in [0.05, 0.1) is 17.6 Å². The normalized spacial score (nSPS) is 12.5. The lowest BCUT2D eigenvalue weighted by Gasteiger charge is -2.16. The molecule has 0 aliphatic rings. The van der Waals surface area contributed by atoms with Crippen LogP contribution in [0.25, 0.3) is 0 Å². The molecule has 5 heteroatoms. The lowest BCUT2D eigenvalue weighted by molar-refractivity contribution is 0.405. The van der Waals surface area contributed by atoms with Gasteiger partial charge in [0.15, 0.2) is 0 Å². The third kappa shape index (κ3) is 2.72. The largest absolute Gasteiger partial charge is 0.495 e. The monoisotopic (exact) mass is 345 g/mol. The van der Waals surface area contributed by atoms with E-state index < -0.39 is 0 Å². The molecule has 0 aliphatic heterocycles. The van der Waals surface area contributed by atoms with Crippen LogP contribution in [0.3, 0.4) is 0 Å². The van der Waals surface area contributed by atoms with Crippen molar-refractivity contribution in [1.29, 1.82) is 0 Å². The first kappa shape index (κ1) is 13.9. The fourth-order valence-corrected chi connectivity index (χ4v) is 3.69. The van der Waals surface area contributed by atoms with E-state index in [0.29, 0.717) is 5.02 Å². The minimum atomic E-state index is -0.228. The van der Waals surface area contributed by atoms with Gasteiger partial charge in [0.25, 0.3) is 0 Å². The second kappa shape index (κ2) is 5.61. The number of hydrogen-bond donors (Lipinski definition) is 1. The number of ether oxygens (including phenoxy) is 1. The quantitative estimate of drug-likeness (QED) is 0.886. The maximum atomic E-state index is 6.29. The summed E-state index contributed by atoms with van der Waals surface area (Å²) >= 11 is 11.2. The first-order chi connectivity index (χ1) is 8.52. The van der Waals surface area contributed by atoms with Crippen molar-refractivity contribution in [2.45, 2.75) is 13.0 Å². The van der Waals surface area contributed by atoms with Gasteiger partial charge in [-0.05, 0) is 47.1 Å². The molecule has 1 unspecified atom stereocenters. The molecule has 96 valence electrons. The number of aryl methyl sites for hydroxylation is 1. The zero-order valence-electron chi connectivity index (χ0n) is 10.0. The van der Waals surface area contributed by atoms with E-state index in [-0.39, 0.29) is 6.04 Å². The van der Waals surface area contributed by atoms with Crippen LogP contribution < -0.4 is 10.5 Å². The van der Waals surface area contributed by atoms with Crippen LogP contribution in [0.5, 0.6) is 5.75 Å². The Labute approximate surface area is 124 Å². The van der Waals surface area contributed by atoms with E-state index in [0.717, 1.165) is 20.7 Å². The molecule has 0 bridgehead atoms. The zero-order chi connectivity index (χ0) is 13.3. The van der Waals surface area contributed by atoms with Gasteiger partial charge in [-0.3, -0.25) is 0 Å². The predicted molar refractivity (Wildman–Crippen MR) is 80.8 cm³/mol. The number of thiophene rings is 1. The molecule has 1 aromatic heterocycles. The topological polar surface area (TPSA) is 35.2 Å². The average Bonchev–Trinajstić information content (AvgIpc) is 2.74. The van der Waals surface area contributed by atoms with Crippen molar-refractivity contribution in [2.75, 3.05) is 7.11 Å². The number of nitrogens with two attached hydrogens (primary N) is 1. The van der Waals surface area contributed by atoms with Crippen LogP contribution in [0, 0.1) is 6.92 Å². The molecule has 0 aliphatic carbocycles. The number of halogens is 2. The molecular weight excluding hydrogens is 334 g/mol. The fraction of sp³-hybridized carbons (Fsp3) is 0.231. The molecule has 2 rings (SSSR count). The Morgan fingerprint density at radius 1 is 1.39 bits per heavy atom. The highest BCUT2D eigenvalue weighted by atomic mass is 79.9. The molecule has 0 spiro atoms. The summed E-state index contributed by atoms with van der Waals surface area (Å²) in [6.07, 6.45) is 0. The number of methoxy groups -OCH3 is 1. The summed E-state index contributed by atoms with van der Waals surface area (Å²) in [7, 11) is 1.63. The lowest BCUT2D eigenvalue weighted by atomic mass is 10.1. The summed E-state index contributed by atoms with van der Waals surface area (Å²) in [5, 5.41) is 0.640. The third-order valence-corrected chi connectivity index (χ3v) is 4.53. The SMILES string of the molecule is COc1c(Br)cc(Cl)cc1C(N)c1ccc(C)s1. The molecule has 18 heavy (non-hydrogen) atoms. The highest BCUT2D eigenvalue weighted by Gasteiger charge is 2.18. The molecule has 0 saturated heterocycles. The van der Waals surface area contributed by atoms with Gasteiger partial charge in [0.2, 0.25) is 0 Å². The second-order valence-corrected chi connectivity index (χ2v) is 6.55. The predicted octanol–water partition coefficient (Wildman–Crippen LogP) is 4.53. The Balaban J connectivity index is 2.49. The van der Waals surface area contributed by atoms with Crippen molar-refractivity contribution in [1.82, 2.24) is 0 Å². The maximum absolute atomic E-state index is 6.29. The van der Waals surface area contributed by atoms with Crippen molar-refractivity contribution in [3.05, 3.63) is 49.1 Å². The van der Waals surface area contributed by atoms with Crippen LogP contribution in [-0.4, -0.2) is 7.11 Å². The van der Waals surface area contributed by atoms with Crippen LogP contribution >= 0.6 is 38.9 Å². The highest BCUT2D eigenvalue weighted by Crippen LogP contribution is 2.38. The molecule has 1 atom stereocenters. The maximum Gasteiger partial charge on any atom is 0.138 e. The summed E-state index contributed by atoms with van der Waals surface area (Å²) in [6.45, 7) is 2.06. The third-order valence-electron chi connectivity index (χ3n) is 2.64. The molecule has 2 aromatic rings. The van der Waals surface area contributed by atoms with Crippen LogP contribution in [0.4, 0.5) is 0 Å². The minimum Gasteiger partial charge on any atom is -0.495 e. The summed E-state index contributed by atoms with van der Waals surface area (Å²) in [6, 6.07) is 7.53. The minimum absolute atomic E-state index is 0.228. The van der Waals surface area contributed by atoms with Gasteiger partial charge >= 0.3 is 0 Å². The van der Waals surface area contributed by atoms with E-state index >= 15 is 0 Å². The van der Waals surface area contributed by atoms with Gasteiger partial charge in [-0.25, -0.2) is 0 Å². The van der Waals surface area contributed by atoms with E-state index in [1.807, 2.05) is 12.1 Å². The smallest absolute Gasteiger partial charge is 0.138 e. The van der Waals surface area contributed by atoms with Gasteiger partial charge in [0, 0.05) is 20.3 Å². The van der Waals surface area contributed by atoms with E-state index in [1.165, 1.54) is 4.88 Å². The van der Waals surface area contributed by atoms with E-state index in [2.05, 4.69) is 28.9 Å². The van der Waals surface area contributed by atoms with Crippen LogP contribution in [0.2, 0.25) is 5.02 Å². The van der Waals surface area contributed by atoms with Gasteiger partial charge in [-0.15, -0.1) is 11.3 Å². The van der Waals surface area contributed by atoms with Gasteiger partial charge < -0.3 is 10.5 Å². The number of benzene rings is 1. The Bertz CT molecular complexity index is 570. The summed E-state index contributed by atoms with van der Waals surface area (Å²) in [4.78, 5) is 2.33. The van der Waals surface area contributed by atoms with Gasteiger partial charge in [0.1, 0.15) is 5.75 Å². The Morgan fingerprint density at radius 3 is 2.67 bits per heavy atom. The van der Waals surface area contributed by atoms with Crippen molar-refractivity contribution >= 4 is 38.9 Å².